The van der Waals surface area contributed by atoms with Gasteiger partial charge >= 0.3 is 0 Å². The Morgan fingerprint density at radius 3 is 2.46 bits per heavy atom. The van der Waals surface area contributed by atoms with Gasteiger partial charge in [0.1, 0.15) is 0 Å². The second-order valence-corrected chi connectivity index (χ2v) is 6.22. The van der Waals surface area contributed by atoms with Gasteiger partial charge in [-0.1, -0.05) is 18.2 Å². The first-order chi connectivity index (χ1) is 12.8. The fourth-order valence-electron chi connectivity index (χ4n) is 2.94. The molecule has 2 aromatic heterocycles. The number of ketones is 1. The van der Waals surface area contributed by atoms with Crippen molar-refractivity contribution >= 4 is 17.8 Å². The summed E-state index contributed by atoms with van der Waals surface area (Å²) in [4.78, 5) is 23.3. The first kappa shape index (κ1) is 16.2. The molecule has 6 heteroatoms. The van der Waals surface area contributed by atoms with Gasteiger partial charge in [-0.05, 0) is 37.1 Å². The van der Waals surface area contributed by atoms with Crippen molar-refractivity contribution in [3.8, 4) is 5.69 Å². The first-order valence-electron chi connectivity index (χ1n) is 8.69. The predicted molar refractivity (Wildman–Crippen MR) is 100 cm³/mol. The minimum atomic E-state index is -0.101. The Labute approximate surface area is 151 Å². The molecule has 6 nitrogen and oxygen atoms in total. The number of aromatic nitrogens is 4. The van der Waals surface area contributed by atoms with Gasteiger partial charge in [0.05, 0.1) is 17.4 Å². The van der Waals surface area contributed by atoms with E-state index in [2.05, 4.69) is 20.0 Å². The summed E-state index contributed by atoms with van der Waals surface area (Å²) in [5, 5.41) is 4.25. The molecule has 1 aromatic carbocycles. The molecule has 3 aromatic rings. The molecule has 1 aliphatic rings. The van der Waals surface area contributed by atoms with Crippen LogP contribution in [0.3, 0.4) is 0 Å². The average Bonchev–Trinajstić information content (AvgIpc) is 3.39. The maximum absolute atomic E-state index is 12.3. The standard InChI is InChI=1S/C20H19N5O/c26-19(17-14-23-25(15-17)18-6-2-1-3-7-18)9-8-16-12-21-20(22-13-16)24-10-4-5-11-24/h1-3,6-9,12-15H,4-5,10-11H2/b9-8+. The van der Waals surface area contributed by atoms with Gasteiger partial charge in [-0.2, -0.15) is 5.10 Å². The molecule has 0 bridgehead atoms. The molecule has 1 saturated heterocycles. The number of hydrogen-bond acceptors (Lipinski definition) is 5. The van der Waals surface area contributed by atoms with Gasteiger partial charge in [-0.3, -0.25) is 4.79 Å². The molecule has 0 radical (unpaired) electrons. The van der Waals surface area contributed by atoms with Crippen LogP contribution in [0.15, 0.2) is 61.2 Å². The minimum absolute atomic E-state index is 0.101. The smallest absolute Gasteiger partial charge is 0.225 e. The summed E-state index contributed by atoms with van der Waals surface area (Å²) in [5.41, 5.74) is 2.26. The quantitative estimate of drug-likeness (QED) is 0.525. The maximum atomic E-state index is 12.3. The normalized spacial score (nSPS) is 14.2. The predicted octanol–water partition coefficient (Wildman–Crippen LogP) is 3.16. The molecule has 1 fully saturated rings. The summed E-state index contributed by atoms with van der Waals surface area (Å²) in [6, 6.07) is 9.69. The Kier molecular flexibility index (Phi) is 4.55. The van der Waals surface area contributed by atoms with Crippen LogP contribution in [0.25, 0.3) is 11.8 Å². The number of nitrogens with zero attached hydrogens (tertiary/aromatic N) is 5. The Hall–Kier alpha value is -3.28. The van der Waals surface area contributed by atoms with Gasteiger partial charge in [-0.25, -0.2) is 14.6 Å². The fraction of sp³-hybridized carbons (Fsp3) is 0.200. The van der Waals surface area contributed by atoms with E-state index < -0.39 is 0 Å². The van der Waals surface area contributed by atoms with Crippen molar-refractivity contribution in [3.05, 3.63) is 72.3 Å². The summed E-state index contributed by atoms with van der Waals surface area (Å²) >= 11 is 0. The minimum Gasteiger partial charge on any atom is -0.341 e. The van der Waals surface area contributed by atoms with Crippen LogP contribution >= 0.6 is 0 Å². The molecule has 4 rings (SSSR count). The molecule has 0 unspecified atom stereocenters. The van der Waals surface area contributed by atoms with Crippen LogP contribution < -0.4 is 4.90 Å². The third kappa shape index (κ3) is 3.54. The van der Waals surface area contributed by atoms with Crippen molar-refractivity contribution < 1.29 is 4.79 Å². The number of benzene rings is 1. The average molecular weight is 345 g/mol. The Bertz CT molecular complexity index is 909. The van der Waals surface area contributed by atoms with Crippen LogP contribution in [0.2, 0.25) is 0 Å². The number of carbonyl (C=O) groups is 1. The van der Waals surface area contributed by atoms with E-state index in [1.807, 2.05) is 30.3 Å². The molecule has 0 atom stereocenters. The molecule has 130 valence electrons. The number of anilines is 1. The molecular formula is C20H19N5O. The highest BCUT2D eigenvalue weighted by atomic mass is 16.1. The topological polar surface area (TPSA) is 63.9 Å². The molecule has 0 aliphatic carbocycles. The van der Waals surface area contributed by atoms with Crippen molar-refractivity contribution in [2.75, 3.05) is 18.0 Å². The molecule has 1 aliphatic heterocycles. The van der Waals surface area contributed by atoms with Crippen molar-refractivity contribution in [2.24, 2.45) is 0 Å². The van der Waals surface area contributed by atoms with Gasteiger partial charge in [0.25, 0.3) is 0 Å². The zero-order valence-corrected chi connectivity index (χ0v) is 14.3. The lowest BCUT2D eigenvalue weighted by atomic mass is 10.2. The lowest BCUT2D eigenvalue weighted by Crippen LogP contribution is -2.20. The van der Waals surface area contributed by atoms with Gasteiger partial charge in [-0.15, -0.1) is 0 Å². The highest BCUT2D eigenvalue weighted by Gasteiger charge is 2.14. The molecule has 0 amide bonds. The van der Waals surface area contributed by atoms with E-state index in [4.69, 9.17) is 0 Å². The van der Waals surface area contributed by atoms with Gasteiger partial charge in [0, 0.05) is 37.2 Å². The number of rotatable bonds is 5. The van der Waals surface area contributed by atoms with Crippen molar-refractivity contribution in [1.29, 1.82) is 0 Å². The van der Waals surface area contributed by atoms with Crippen LogP contribution in [-0.2, 0) is 0 Å². The van der Waals surface area contributed by atoms with Gasteiger partial charge in [0.15, 0.2) is 5.78 Å². The zero-order valence-electron chi connectivity index (χ0n) is 14.3. The van der Waals surface area contributed by atoms with Gasteiger partial charge in [0.2, 0.25) is 5.95 Å². The second-order valence-electron chi connectivity index (χ2n) is 6.22. The molecule has 0 spiro atoms. The van der Waals surface area contributed by atoms with E-state index in [0.29, 0.717) is 5.56 Å². The lowest BCUT2D eigenvalue weighted by Gasteiger charge is -2.14. The van der Waals surface area contributed by atoms with Crippen LogP contribution in [-0.4, -0.2) is 38.6 Å². The highest BCUT2D eigenvalue weighted by molar-refractivity contribution is 6.06. The number of carbonyl (C=O) groups excluding carboxylic acids is 1. The fourth-order valence-corrected chi connectivity index (χ4v) is 2.94. The van der Waals surface area contributed by atoms with E-state index in [-0.39, 0.29) is 5.78 Å². The summed E-state index contributed by atoms with van der Waals surface area (Å²) < 4.78 is 1.69. The summed E-state index contributed by atoms with van der Waals surface area (Å²) in [5.74, 6) is 0.658. The first-order valence-corrected chi connectivity index (χ1v) is 8.69. The zero-order chi connectivity index (χ0) is 17.8. The summed E-state index contributed by atoms with van der Waals surface area (Å²) in [6.07, 6.45) is 12.4. The van der Waals surface area contributed by atoms with E-state index in [9.17, 15) is 4.79 Å². The van der Waals surface area contributed by atoms with Crippen molar-refractivity contribution in [2.45, 2.75) is 12.8 Å². The monoisotopic (exact) mass is 345 g/mol. The van der Waals surface area contributed by atoms with E-state index in [1.54, 1.807) is 35.5 Å². The maximum Gasteiger partial charge on any atom is 0.225 e. The number of para-hydroxylation sites is 1. The van der Waals surface area contributed by atoms with E-state index in [0.717, 1.165) is 30.3 Å². The number of hydrogen-bond donors (Lipinski definition) is 0. The second kappa shape index (κ2) is 7.31. The lowest BCUT2D eigenvalue weighted by molar-refractivity contribution is 0.104. The summed E-state index contributed by atoms with van der Waals surface area (Å²) in [6.45, 7) is 2.03. The number of allylic oxidation sites excluding steroid dienone is 1. The van der Waals surface area contributed by atoms with Crippen molar-refractivity contribution in [1.82, 2.24) is 19.7 Å². The Morgan fingerprint density at radius 2 is 1.73 bits per heavy atom. The SMILES string of the molecule is O=C(/C=C/c1cnc(N2CCCC2)nc1)c1cnn(-c2ccccc2)c1. The molecule has 0 saturated carbocycles. The molecule has 26 heavy (non-hydrogen) atoms. The Balaban J connectivity index is 1.43. The third-order valence-electron chi connectivity index (χ3n) is 4.36. The van der Waals surface area contributed by atoms with Crippen molar-refractivity contribution in [3.63, 3.8) is 0 Å². The van der Waals surface area contributed by atoms with Crippen LogP contribution in [0.4, 0.5) is 5.95 Å². The molecule has 3 heterocycles. The summed E-state index contributed by atoms with van der Waals surface area (Å²) in [7, 11) is 0. The van der Waals surface area contributed by atoms with E-state index in [1.165, 1.54) is 18.9 Å². The molecule has 0 N–H and O–H groups in total. The highest BCUT2D eigenvalue weighted by Crippen LogP contribution is 2.15. The molecular weight excluding hydrogens is 326 g/mol. The van der Waals surface area contributed by atoms with Crippen LogP contribution in [0, 0.1) is 0 Å². The third-order valence-corrected chi connectivity index (χ3v) is 4.36. The Morgan fingerprint density at radius 1 is 1.00 bits per heavy atom. The van der Waals surface area contributed by atoms with Crippen LogP contribution in [0.1, 0.15) is 28.8 Å². The van der Waals surface area contributed by atoms with Gasteiger partial charge < -0.3 is 4.90 Å². The largest absolute Gasteiger partial charge is 0.341 e. The van der Waals surface area contributed by atoms with E-state index >= 15 is 0 Å². The van der Waals surface area contributed by atoms with Crippen LogP contribution in [0.5, 0.6) is 0 Å².